The molecule has 2 aliphatic heterocycles. The van der Waals surface area contributed by atoms with Gasteiger partial charge in [-0.3, -0.25) is 24.6 Å². The Kier molecular flexibility index (Phi) is 7.88. The number of fused-ring (bicyclic) bond motifs is 1. The van der Waals surface area contributed by atoms with Crippen molar-refractivity contribution in [3.8, 4) is 0 Å². The van der Waals surface area contributed by atoms with E-state index in [2.05, 4.69) is 10.3 Å². The number of rotatable bonds is 6. The van der Waals surface area contributed by atoms with Crippen molar-refractivity contribution in [3.05, 3.63) is 51.9 Å². The molecule has 13 heteroatoms. The molecule has 2 atom stereocenters. The summed E-state index contributed by atoms with van der Waals surface area (Å²) in [6.45, 7) is 2.19. The highest BCUT2D eigenvalue weighted by Gasteiger charge is 2.42. The molecular formula is C25H34FN7O5. The van der Waals surface area contributed by atoms with Gasteiger partial charge in [0, 0.05) is 40.8 Å². The summed E-state index contributed by atoms with van der Waals surface area (Å²) in [6, 6.07) is 4.43. The zero-order valence-electron chi connectivity index (χ0n) is 22.0. The molecule has 3 aliphatic rings. The fourth-order valence-corrected chi connectivity index (χ4v) is 4.65. The molecule has 2 unspecified atom stereocenters. The lowest BCUT2D eigenvalue weighted by molar-refractivity contribution is -0.773. The summed E-state index contributed by atoms with van der Waals surface area (Å²) in [4.78, 5) is 45.5. The maximum absolute atomic E-state index is 13.6. The number of benzene rings is 1. The molecule has 2 heterocycles. The number of carbonyl (C=O) groups excluding carboxylic acids is 3. The quantitative estimate of drug-likeness (QED) is 0.197. The maximum atomic E-state index is 13.6. The van der Waals surface area contributed by atoms with E-state index in [0.29, 0.717) is 30.1 Å². The van der Waals surface area contributed by atoms with Gasteiger partial charge < -0.3 is 20.5 Å². The summed E-state index contributed by atoms with van der Waals surface area (Å²) in [6.07, 6.45) is 3.14. The number of aliphatic imine (C=N–C) groups is 1. The SMILES string of the molecule is Cc1cc(CNC(O)=C2N=C3N(CC(CC4CC4)CN3N(C)C(=O)C(=O)N(C)C)C[NH+]([O-])C2=O)ccc1F. The number of amides is 3. The zero-order chi connectivity index (χ0) is 27.7. The molecule has 1 saturated carbocycles. The summed E-state index contributed by atoms with van der Waals surface area (Å²) in [5.41, 5.74) is 0.579. The van der Waals surface area contributed by atoms with Crippen molar-refractivity contribution in [3.63, 3.8) is 0 Å². The number of guanidine groups is 1. The van der Waals surface area contributed by atoms with Crippen LogP contribution in [0, 0.1) is 29.8 Å². The first-order chi connectivity index (χ1) is 18.0. The third-order valence-corrected chi connectivity index (χ3v) is 6.95. The first kappa shape index (κ1) is 27.3. The number of aryl methyl sites for hydroxylation is 1. The molecule has 1 aromatic carbocycles. The van der Waals surface area contributed by atoms with Gasteiger partial charge in [-0.05, 0) is 42.4 Å². The molecule has 206 valence electrons. The number of nitrogens with one attached hydrogen (secondary N) is 2. The van der Waals surface area contributed by atoms with Gasteiger partial charge in [-0.15, -0.1) is 0 Å². The maximum Gasteiger partial charge on any atom is 0.369 e. The molecule has 0 bridgehead atoms. The number of aliphatic hydroxyl groups excluding tert-OH is 1. The topological polar surface area (TPSA) is 136 Å². The van der Waals surface area contributed by atoms with Crippen LogP contribution in [0.5, 0.6) is 0 Å². The molecule has 38 heavy (non-hydrogen) atoms. The van der Waals surface area contributed by atoms with Crippen molar-refractivity contribution >= 4 is 23.7 Å². The van der Waals surface area contributed by atoms with Crippen molar-refractivity contribution in [1.29, 1.82) is 0 Å². The number of likely N-dealkylation sites (N-methyl/N-ethyl adjacent to an activating group) is 2. The van der Waals surface area contributed by atoms with Crippen LogP contribution in [-0.2, 0) is 20.9 Å². The van der Waals surface area contributed by atoms with E-state index in [1.807, 2.05) is 0 Å². The van der Waals surface area contributed by atoms with Crippen LogP contribution in [0.4, 0.5) is 4.39 Å². The fraction of sp³-hybridized carbons (Fsp3) is 0.520. The third kappa shape index (κ3) is 5.89. The molecule has 0 spiro atoms. The Balaban J connectivity index is 1.67. The minimum atomic E-state index is -0.968. The summed E-state index contributed by atoms with van der Waals surface area (Å²) < 4.78 is 13.6. The Morgan fingerprint density at radius 1 is 1.21 bits per heavy atom. The van der Waals surface area contributed by atoms with Crippen LogP contribution in [0.25, 0.3) is 0 Å². The number of hydroxylamine groups is 2. The van der Waals surface area contributed by atoms with Gasteiger partial charge in [0.15, 0.2) is 6.67 Å². The summed E-state index contributed by atoms with van der Waals surface area (Å²) in [5.74, 6) is -2.70. The average molecular weight is 532 g/mol. The smallest absolute Gasteiger partial charge is 0.369 e. The van der Waals surface area contributed by atoms with Crippen molar-refractivity contribution in [2.24, 2.45) is 16.8 Å². The van der Waals surface area contributed by atoms with Gasteiger partial charge in [0.05, 0.1) is 0 Å². The molecule has 0 aromatic heterocycles. The molecule has 2 fully saturated rings. The number of quaternary nitrogens is 1. The summed E-state index contributed by atoms with van der Waals surface area (Å²) >= 11 is 0. The van der Waals surface area contributed by atoms with E-state index in [4.69, 9.17) is 0 Å². The van der Waals surface area contributed by atoms with Crippen molar-refractivity contribution in [1.82, 2.24) is 25.1 Å². The molecule has 1 aromatic rings. The zero-order valence-corrected chi connectivity index (χ0v) is 22.0. The van der Waals surface area contributed by atoms with Crippen molar-refractivity contribution in [2.75, 3.05) is 40.9 Å². The Morgan fingerprint density at radius 2 is 1.92 bits per heavy atom. The third-order valence-electron chi connectivity index (χ3n) is 6.95. The molecule has 3 amide bonds. The van der Waals surface area contributed by atoms with Gasteiger partial charge in [0.1, 0.15) is 5.82 Å². The highest BCUT2D eigenvalue weighted by molar-refractivity contribution is 6.34. The lowest BCUT2D eigenvalue weighted by Crippen LogP contribution is -3.11. The molecule has 1 saturated heterocycles. The minimum absolute atomic E-state index is 0.0510. The van der Waals surface area contributed by atoms with E-state index >= 15 is 0 Å². The summed E-state index contributed by atoms with van der Waals surface area (Å²) in [7, 11) is 4.39. The lowest BCUT2D eigenvalue weighted by Gasteiger charge is -2.45. The normalized spacial score (nSPS) is 22.8. The Hall–Kier alpha value is -3.71. The number of aliphatic hydroxyl groups is 1. The highest BCUT2D eigenvalue weighted by Crippen LogP contribution is 2.37. The molecule has 12 nitrogen and oxygen atoms in total. The van der Waals surface area contributed by atoms with Crippen LogP contribution in [0.1, 0.15) is 30.4 Å². The largest absolute Gasteiger partial charge is 0.625 e. The Bertz CT molecular complexity index is 1180. The van der Waals surface area contributed by atoms with Crippen molar-refractivity contribution < 1.29 is 28.9 Å². The number of carbonyl (C=O) groups is 3. The van der Waals surface area contributed by atoms with Crippen molar-refractivity contribution in [2.45, 2.75) is 32.7 Å². The molecule has 1 aliphatic carbocycles. The first-order valence-corrected chi connectivity index (χ1v) is 12.6. The number of hydrazine groups is 1. The van der Waals surface area contributed by atoms with Crippen LogP contribution in [0.3, 0.4) is 0 Å². The average Bonchev–Trinajstić information content (AvgIpc) is 3.71. The van der Waals surface area contributed by atoms with Gasteiger partial charge in [0.25, 0.3) is 0 Å². The number of hydrogen-bond acceptors (Lipinski definition) is 9. The van der Waals surface area contributed by atoms with Gasteiger partial charge in [0.2, 0.25) is 17.5 Å². The fourth-order valence-electron chi connectivity index (χ4n) is 4.65. The predicted octanol–water partition coefficient (Wildman–Crippen LogP) is -0.317. The number of halogens is 1. The van der Waals surface area contributed by atoms with Gasteiger partial charge >= 0.3 is 17.7 Å². The van der Waals surface area contributed by atoms with E-state index in [9.17, 15) is 29.1 Å². The second-order valence-electron chi connectivity index (χ2n) is 10.3. The molecule has 0 radical (unpaired) electrons. The van der Waals surface area contributed by atoms with Gasteiger partial charge in [-0.25, -0.2) is 14.2 Å². The first-order valence-electron chi connectivity index (χ1n) is 12.6. The van der Waals surface area contributed by atoms with Gasteiger partial charge in [-0.1, -0.05) is 25.0 Å². The van der Waals surface area contributed by atoms with E-state index in [1.165, 1.54) is 43.2 Å². The van der Waals surface area contributed by atoms with Crippen LogP contribution in [0.2, 0.25) is 0 Å². The Labute approximate surface area is 220 Å². The monoisotopic (exact) mass is 531 g/mol. The second-order valence-corrected chi connectivity index (χ2v) is 10.3. The number of nitrogens with zero attached hydrogens (tertiary/aromatic N) is 5. The highest BCUT2D eigenvalue weighted by atomic mass is 19.1. The van der Waals surface area contributed by atoms with E-state index < -0.39 is 34.4 Å². The van der Waals surface area contributed by atoms with E-state index in [1.54, 1.807) is 17.9 Å². The minimum Gasteiger partial charge on any atom is -0.625 e. The molecule has 3 N–H and O–H groups in total. The van der Waals surface area contributed by atoms with E-state index in [-0.39, 0.29) is 30.9 Å². The van der Waals surface area contributed by atoms with Crippen LogP contribution in [-0.4, -0.2) is 89.5 Å². The molecule has 4 rings (SSSR count). The lowest BCUT2D eigenvalue weighted by atomic mass is 9.99. The molecular weight excluding hydrogens is 497 g/mol. The standard InChI is InChI=1S/C25H34FN7O5/c1-15-9-17(7-8-19(15)26)11-27-21(34)20-22(35)33(38)14-31-12-18(10-16-5-6-16)13-32(25(31)28-20)30(4)24(37)23(36)29(2)3/h7-9,16,18,27,33-34H,5-6,10-14H2,1-4H3. The predicted molar refractivity (Wildman–Crippen MR) is 135 cm³/mol. The van der Waals surface area contributed by atoms with E-state index in [0.717, 1.165) is 24.3 Å². The number of hydrogen-bond donors (Lipinski definition) is 3. The summed E-state index contributed by atoms with van der Waals surface area (Å²) in [5, 5.41) is 28.2. The Morgan fingerprint density at radius 3 is 2.55 bits per heavy atom. The van der Waals surface area contributed by atoms with Gasteiger partial charge in [-0.2, -0.15) is 4.99 Å². The second kappa shape index (κ2) is 11.0. The van der Waals surface area contributed by atoms with Crippen LogP contribution < -0.4 is 10.4 Å². The van der Waals surface area contributed by atoms with Crippen LogP contribution >= 0.6 is 0 Å². The van der Waals surface area contributed by atoms with Crippen LogP contribution in [0.15, 0.2) is 34.8 Å².